The summed E-state index contributed by atoms with van der Waals surface area (Å²) in [5.74, 6) is 0. The zero-order valence-electron chi connectivity index (χ0n) is 10.1. The fourth-order valence-corrected chi connectivity index (χ4v) is 2.51. The number of hydrogen-bond donors (Lipinski definition) is 1. The number of aromatic nitrogens is 2. The van der Waals surface area contributed by atoms with Crippen LogP contribution in [0.15, 0.2) is 12.5 Å². The Hall–Kier alpha value is -0.870. The van der Waals surface area contributed by atoms with Crippen LogP contribution < -0.4 is 5.73 Å². The normalized spacial score (nSPS) is 17.4. The summed E-state index contributed by atoms with van der Waals surface area (Å²) in [4.78, 5) is 6.61. The van der Waals surface area contributed by atoms with Crippen molar-refractivity contribution >= 4 is 0 Å². The molecule has 0 amide bonds. The summed E-state index contributed by atoms with van der Waals surface area (Å²) in [6.07, 6.45) is 9.26. The van der Waals surface area contributed by atoms with E-state index in [4.69, 9.17) is 5.73 Å². The zero-order valence-corrected chi connectivity index (χ0v) is 10.1. The van der Waals surface area contributed by atoms with E-state index in [1.807, 2.05) is 12.5 Å². The van der Waals surface area contributed by atoms with E-state index >= 15 is 0 Å². The molecule has 1 aliphatic carbocycles. The molecule has 1 saturated carbocycles. The van der Waals surface area contributed by atoms with Crippen molar-refractivity contribution in [3.8, 4) is 0 Å². The molecule has 2 N–H and O–H groups in total. The molecule has 0 unspecified atom stereocenters. The molecule has 1 fully saturated rings. The standard InChI is InChI=1S/C12H22N4/c1-15(11-4-2-3-5-11)6-7-16-10-14-9-12(16)8-13/h9-11H,2-8,13H2,1H3. The molecule has 0 spiro atoms. The maximum Gasteiger partial charge on any atom is 0.0949 e. The highest BCUT2D eigenvalue weighted by Crippen LogP contribution is 2.22. The van der Waals surface area contributed by atoms with E-state index in [9.17, 15) is 0 Å². The Morgan fingerprint density at radius 1 is 1.50 bits per heavy atom. The number of likely N-dealkylation sites (N-methyl/N-ethyl adjacent to an activating group) is 1. The van der Waals surface area contributed by atoms with Gasteiger partial charge in [0, 0.05) is 31.9 Å². The first-order chi connectivity index (χ1) is 7.81. The molecule has 0 saturated heterocycles. The number of imidazole rings is 1. The quantitative estimate of drug-likeness (QED) is 0.814. The molecule has 4 nitrogen and oxygen atoms in total. The molecule has 0 aliphatic heterocycles. The van der Waals surface area contributed by atoms with Crippen LogP contribution in [-0.4, -0.2) is 34.1 Å². The topological polar surface area (TPSA) is 47.1 Å². The van der Waals surface area contributed by atoms with Crippen LogP contribution in [0.2, 0.25) is 0 Å². The highest BCUT2D eigenvalue weighted by Gasteiger charge is 2.19. The second-order valence-corrected chi connectivity index (χ2v) is 4.70. The van der Waals surface area contributed by atoms with Crippen molar-refractivity contribution in [2.75, 3.05) is 13.6 Å². The van der Waals surface area contributed by atoms with Gasteiger partial charge in [0.25, 0.3) is 0 Å². The summed E-state index contributed by atoms with van der Waals surface area (Å²) in [6, 6.07) is 0.796. The average Bonchev–Trinajstić information content (AvgIpc) is 2.96. The van der Waals surface area contributed by atoms with E-state index in [-0.39, 0.29) is 0 Å². The number of hydrogen-bond acceptors (Lipinski definition) is 3. The van der Waals surface area contributed by atoms with Gasteiger partial charge >= 0.3 is 0 Å². The molecular weight excluding hydrogens is 200 g/mol. The smallest absolute Gasteiger partial charge is 0.0949 e. The molecule has 16 heavy (non-hydrogen) atoms. The third-order valence-corrected chi connectivity index (χ3v) is 3.65. The van der Waals surface area contributed by atoms with Crippen LogP contribution in [0.4, 0.5) is 0 Å². The lowest BCUT2D eigenvalue weighted by Crippen LogP contribution is -2.32. The molecule has 0 aromatic carbocycles. The van der Waals surface area contributed by atoms with E-state index in [2.05, 4.69) is 21.5 Å². The first kappa shape index (κ1) is 11.6. The average molecular weight is 222 g/mol. The van der Waals surface area contributed by atoms with Crippen molar-refractivity contribution < 1.29 is 0 Å². The van der Waals surface area contributed by atoms with Gasteiger partial charge in [-0.25, -0.2) is 4.98 Å². The van der Waals surface area contributed by atoms with Crippen molar-refractivity contribution in [2.24, 2.45) is 5.73 Å². The minimum Gasteiger partial charge on any atom is -0.332 e. The Bertz CT molecular complexity index is 315. The van der Waals surface area contributed by atoms with Crippen LogP contribution >= 0.6 is 0 Å². The Labute approximate surface area is 97.4 Å². The second-order valence-electron chi connectivity index (χ2n) is 4.70. The molecule has 0 bridgehead atoms. The van der Waals surface area contributed by atoms with Gasteiger partial charge in [-0.05, 0) is 19.9 Å². The Morgan fingerprint density at radius 2 is 2.25 bits per heavy atom. The van der Waals surface area contributed by atoms with Gasteiger partial charge in [-0.1, -0.05) is 12.8 Å². The fourth-order valence-electron chi connectivity index (χ4n) is 2.51. The number of rotatable bonds is 5. The van der Waals surface area contributed by atoms with Gasteiger partial charge in [-0.3, -0.25) is 0 Å². The van der Waals surface area contributed by atoms with Gasteiger partial charge in [0.2, 0.25) is 0 Å². The molecule has 4 heteroatoms. The molecule has 0 radical (unpaired) electrons. The fraction of sp³-hybridized carbons (Fsp3) is 0.750. The Kier molecular flexibility index (Phi) is 3.96. The molecule has 1 aromatic heterocycles. The third-order valence-electron chi connectivity index (χ3n) is 3.65. The molecule has 1 aromatic rings. The highest BCUT2D eigenvalue weighted by molar-refractivity contribution is 4.97. The second kappa shape index (κ2) is 5.46. The SMILES string of the molecule is CN(CCn1cncc1CN)C1CCCC1. The van der Waals surface area contributed by atoms with Crippen molar-refractivity contribution in [2.45, 2.75) is 44.8 Å². The molecule has 2 rings (SSSR count). The van der Waals surface area contributed by atoms with Crippen LogP contribution in [0.3, 0.4) is 0 Å². The van der Waals surface area contributed by atoms with E-state index in [0.29, 0.717) is 6.54 Å². The van der Waals surface area contributed by atoms with Crippen molar-refractivity contribution in [3.05, 3.63) is 18.2 Å². The predicted molar refractivity (Wildman–Crippen MR) is 65.0 cm³/mol. The number of nitrogens with zero attached hydrogens (tertiary/aromatic N) is 3. The summed E-state index contributed by atoms with van der Waals surface area (Å²) >= 11 is 0. The lowest BCUT2D eigenvalue weighted by Gasteiger charge is -2.24. The monoisotopic (exact) mass is 222 g/mol. The van der Waals surface area contributed by atoms with E-state index < -0.39 is 0 Å². The maximum absolute atomic E-state index is 5.65. The first-order valence-corrected chi connectivity index (χ1v) is 6.20. The molecular formula is C12H22N4. The van der Waals surface area contributed by atoms with Crippen molar-refractivity contribution in [1.29, 1.82) is 0 Å². The van der Waals surface area contributed by atoms with Gasteiger partial charge in [0.05, 0.1) is 12.0 Å². The van der Waals surface area contributed by atoms with Gasteiger partial charge in [0.1, 0.15) is 0 Å². The van der Waals surface area contributed by atoms with Gasteiger partial charge in [-0.15, -0.1) is 0 Å². The maximum atomic E-state index is 5.65. The Morgan fingerprint density at radius 3 is 2.94 bits per heavy atom. The molecule has 1 aliphatic rings. The molecule has 1 heterocycles. The third kappa shape index (κ3) is 2.62. The van der Waals surface area contributed by atoms with Crippen LogP contribution in [0.5, 0.6) is 0 Å². The number of nitrogens with two attached hydrogens (primary N) is 1. The summed E-state index contributed by atoms with van der Waals surface area (Å²) in [5.41, 5.74) is 6.77. The largest absolute Gasteiger partial charge is 0.332 e. The molecule has 0 atom stereocenters. The van der Waals surface area contributed by atoms with Crippen molar-refractivity contribution in [1.82, 2.24) is 14.5 Å². The van der Waals surface area contributed by atoms with E-state index in [1.165, 1.54) is 25.7 Å². The summed E-state index contributed by atoms with van der Waals surface area (Å²) < 4.78 is 2.16. The lowest BCUT2D eigenvalue weighted by atomic mass is 10.2. The van der Waals surface area contributed by atoms with E-state index in [1.54, 1.807) is 0 Å². The van der Waals surface area contributed by atoms with Gasteiger partial charge in [-0.2, -0.15) is 0 Å². The summed E-state index contributed by atoms with van der Waals surface area (Å²) in [5, 5.41) is 0. The zero-order chi connectivity index (χ0) is 11.4. The lowest BCUT2D eigenvalue weighted by molar-refractivity contribution is 0.235. The predicted octanol–water partition coefficient (Wildman–Crippen LogP) is 1.22. The van der Waals surface area contributed by atoms with Crippen molar-refractivity contribution in [3.63, 3.8) is 0 Å². The van der Waals surface area contributed by atoms with Crippen LogP contribution in [0.1, 0.15) is 31.4 Å². The molecule has 90 valence electrons. The summed E-state index contributed by atoms with van der Waals surface area (Å²) in [7, 11) is 2.23. The Balaban J connectivity index is 1.82. The van der Waals surface area contributed by atoms with Crippen LogP contribution in [0, 0.1) is 0 Å². The highest BCUT2D eigenvalue weighted by atomic mass is 15.2. The minimum atomic E-state index is 0.577. The van der Waals surface area contributed by atoms with Gasteiger partial charge in [0.15, 0.2) is 0 Å². The van der Waals surface area contributed by atoms with E-state index in [0.717, 1.165) is 24.8 Å². The van der Waals surface area contributed by atoms with Crippen LogP contribution in [-0.2, 0) is 13.1 Å². The minimum absolute atomic E-state index is 0.577. The summed E-state index contributed by atoms with van der Waals surface area (Å²) in [6.45, 7) is 2.67. The first-order valence-electron chi connectivity index (χ1n) is 6.20. The van der Waals surface area contributed by atoms with Gasteiger partial charge < -0.3 is 15.2 Å². The van der Waals surface area contributed by atoms with Crippen LogP contribution in [0.25, 0.3) is 0 Å².